The first-order valence-electron chi connectivity index (χ1n) is 7.72. The molecular weight excluding hydrogens is 390 g/mol. The second-order valence-electron chi connectivity index (χ2n) is 5.87. The molecule has 1 aromatic heterocycles. The van der Waals surface area contributed by atoms with Gasteiger partial charge in [0.1, 0.15) is 0 Å². The fraction of sp³-hybridized carbons (Fsp3) is 0.467. The van der Waals surface area contributed by atoms with Gasteiger partial charge in [0.25, 0.3) is 0 Å². The van der Waals surface area contributed by atoms with E-state index in [2.05, 4.69) is 20.4 Å². The number of aromatic nitrogens is 2. The van der Waals surface area contributed by atoms with Gasteiger partial charge < -0.3 is 9.84 Å². The van der Waals surface area contributed by atoms with Gasteiger partial charge in [-0.05, 0) is 24.7 Å². The molecule has 2 aromatic rings. The molecule has 3 rings (SSSR count). The molecule has 0 aliphatic carbocycles. The number of nitrogens with one attached hydrogen (secondary N) is 1. The van der Waals surface area contributed by atoms with Crippen LogP contribution in [-0.2, 0) is 16.3 Å². The van der Waals surface area contributed by atoms with Crippen LogP contribution in [-0.4, -0.2) is 55.9 Å². The zero-order valence-electron chi connectivity index (χ0n) is 13.9. The molecule has 0 amide bonds. The molecular formula is C15H19ClF2N4O3S. The van der Waals surface area contributed by atoms with E-state index in [0.29, 0.717) is 23.7 Å². The number of hydrogen-bond donors (Lipinski definition) is 1. The maximum atomic E-state index is 12.5. The summed E-state index contributed by atoms with van der Waals surface area (Å²) in [5.41, 5.74) is 0.693. The highest BCUT2D eigenvalue weighted by Gasteiger charge is 2.27. The fourth-order valence-electron chi connectivity index (χ4n) is 2.64. The first-order valence-corrected chi connectivity index (χ1v) is 9.27. The highest BCUT2D eigenvalue weighted by Crippen LogP contribution is 2.21. The molecule has 1 aromatic carbocycles. The van der Waals surface area contributed by atoms with Gasteiger partial charge in [0.05, 0.1) is 17.4 Å². The quantitative estimate of drug-likeness (QED) is 0.804. The molecule has 0 spiro atoms. The highest BCUT2D eigenvalue weighted by molar-refractivity contribution is 7.91. The van der Waals surface area contributed by atoms with Crippen molar-refractivity contribution in [2.75, 3.05) is 26.7 Å². The zero-order valence-corrected chi connectivity index (χ0v) is 15.6. The van der Waals surface area contributed by atoms with Gasteiger partial charge in [0, 0.05) is 19.6 Å². The van der Waals surface area contributed by atoms with Crippen molar-refractivity contribution in [1.29, 1.82) is 0 Å². The van der Waals surface area contributed by atoms with Gasteiger partial charge in [-0.3, -0.25) is 4.90 Å². The minimum absolute atomic E-state index is 0. The van der Waals surface area contributed by atoms with Crippen LogP contribution in [0.2, 0.25) is 0 Å². The summed E-state index contributed by atoms with van der Waals surface area (Å²) in [5.74, 6) is -2.46. The topological polar surface area (TPSA) is 88.3 Å². The highest BCUT2D eigenvalue weighted by atomic mass is 35.5. The van der Waals surface area contributed by atoms with Gasteiger partial charge >= 0.3 is 5.76 Å². The minimum Gasteiger partial charge on any atom is -0.339 e. The lowest BCUT2D eigenvalue weighted by molar-refractivity contribution is 0.190. The van der Waals surface area contributed by atoms with E-state index in [1.54, 1.807) is 0 Å². The van der Waals surface area contributed by atoms with Gasteiger partial charge in [0.2, 0.25) is 15.7 Å². The lowest BCUT2D eigenvalue weighted by atomic mass is 10.1. The summed E-state index contributed by atoms with van der Waals surface area (Å²) in [5, 5.41) is 7.27. The van der Waals surface area contributed by atoms with Gasteiger partial charge in [-0.15, -0.1) is 12.4 Å². The number of piperazine rings is 1. The molecule has 1 atom stereocenters. The van der Waals surface area contributed by atoms with Gasteiger partial charge in [0.15, 0.2) is 5.82 Å². The molecule has 1 saturated heterocycles. The number of rotatable bonds is 5. The molecule has 1 unspecified atom stereocenters. The van der Waals surface area contributed by atoms with Crippen LogP contribution in [0.4, 0.5) is 8.78 Å². The number of alkyl halides is 2. The molecule has 11 heteroatoms. The third-order valence-electron chi connectivity index (χ3n) is 4.13. The van der Waals surface area contributed by atoms with Crippen molar-refractivity contribution in [3.8, 4) is 0 Å². The summed E-state index contributed by atoms with van der Waals surface area (Å²) in [7, 11) is -2.59. The Morgan fingerprint density at radius 3 is 2.65 bits per heavy atom. The Balaban J connectivity index is 0.00000243. The average molecular weight is 409 g/mol. The summed E-state index contributed by atoms with van der Waals surface area (Å²) >= 11 is 0. The summed E-state index contributed by atoms with van der Waals surface area (Å²) in [6, 6.07) is 5.28. The van der Waals surface area contributed by atoms with Crippen LogP contribution in [0.1, 0.15) is 23.3 Å². The largest absolute Gasteiger partial charge is 0.341 e. The van der Waals surface area contributed by atoms with E-state index < -0.39 is 20.5 Å². The third-order valence-corrected chi connectivity index (χ3v) is 5.53. The van der Waals surface area contributed by atoms with Crippen LogP contribution >= 0.6 is 12.4 Å². The SMILES string of the molecule is CN1CCNCC1c1noc(Cc2ccc(S(=O)(=O)C(F)F)cc2)n1.Cl. The molecule has 144 valence electrons. The van der Waals surface area contributed by atoms with Crippen molar-refractivity contribution in [2.45, 2.75) is 23.1 Å². The van der Waals surface area contributed by atoms with E-state index >= 15 is 0 Å². The molecule has 1 aliphatic rings. The van der Waals surface area contributed by atoms with Crippen molar-refractivity contribution >= 4 is 22.2 Å². The minimum atomic E-state index is -4.58. The zero-order chi connectivity index (χ0) is 18.0. The first-order chi connectivity index (χ1) is 11.9. The Morgan fingerprint density at radius 1 is 1.35 bits per heavy atom. The van der Waals surface area contributed by atoms with Crippen LogP contribution in [0.25, 0.3) is 0 Å². The normalized spacial score (nSPS) is 18.7. The molecule has 7 nitrogen and oxygen atoms in total. The lowest BCUT2D eigenvalue weighted by Gasteiger charge is -2.30. The second kappa shape index (κ2) is 8.38. The van der Waals surface area contributed by atoms with Crippen LogP contribution < -0.4 is 5.32 Å². The van der Waals surface area contributed by atoms with Crippen molar-refractivity contribution in [3.63, 3.8) is 0 Å². The Bertz CT molecular complexity index is 830. The van der Waals surface area contributed by atoms with E-state index in [1.165, 1.54) is 12.1 Å². The maximum absolute atomic E-state index is 12.5. The fourth-order valence-corrected chi connectivity index (χ4v) is 3.37. The summed E-state index contributed by atoms with van der Waals surface area (Å²) in [6.07, 6.45) is 0.297. The standard InChI is InChI=1S/C15H18F2N4O3S.ClH/c1-21-7-6-18-9-12(21)14-19-13(24-20-14)8-10-2-4-11(5-3-10)25(22,23)15(16)17;/h2-5,12,15,18H,6-9H2,1H3;1H. The third kappa shape index (κ3) is 4.37. The van der Waals surface area contributed by atoms with Crippen LogP contribution in [0.3, 0.4) is 0 Å². The Kier molecular flexibility index (Phi) is 6.67. The van der Waals surface area contributed by atoms with Crippen molar-refractivity contribution in [2.24, 2.45) is 0 Å². The average Bonchev–Trinajstić information content (AvgIpc) is 3.04. The molecule has 2 heterocycles. The monoisotopic (exact) mass is 408 g/mol. The van der Waals surface area contributed by atoms with Gasteiger partial charge in [-0.25, -0.2) is 8.42 Å². The molecule has 0 bridgehead atoms. The maximum Gasteiger partial charge on any atom is 0.341 e. The Hall–Kier alpha value is -1.62. The van der Waals surface area contributed by atoms with Crippen molar-refractivity contribution < 1.29 is 21.7 Å². The molecule has 0 radical (unpaired) electrons. The van der Waals surface area contributed by atoms with Gasteiger partial charge in [-0.1, -0.05) is 17.3 Å². The lowest BCUT2D eigenvalue weighted by Crippen LogP contribution is -2.44. The van der Waals surface area contributed by atoms with Crippen LogP contribution in [0.15, 0.2) is 33.7 Å². The molecule has 1 fully saturated rings. The van der Waals surface area contributed by atoms with Gasteiger partial charge in [-0.2, -0.15) is 13.8 Å². The van der Waals surface area contributed by atoms with E-state index in [-0.39, 0.29) is 18.4 Å². The predicted octanol–water partition coefficient (Wildman–Crippen LogP) is 1.65. The number of sulfone groups is 1. The van der Waals surface area contributed by atoms with Crippen molar-refractivity contribution in [1.82, 2.24) is 20.4 Å². The molecule has 0 saturated carbocycles. The predicted molar refractivity (Wildman–Crippen MR) is 92.2 cm³/mol. The first kappa shape index (κ1) is 20.7. The smallest absolute Gasteiger partial charge is 0.339 e. The summed E-state index contributed by atoms with van der Waals surface area (Å²) < 4.78 is 53.1. The van der Waals surface area contributed by atoms with Crippen molar-refractivity contribution in [3.05, 3.63) is 41.5 Å². The number of benzene rings is 1. The van der Waals surface area contributed by atoms with Crippen LogP contribution in [0, 0.1) is 0 Å². The number of likely N-dealkylation sites (N-methyl/N-ethyl adjacent to an activating group) is 1. The number of halogens is 3. The molecule has 1 aliphatic heterocycles. The Labute approximate surface area is 156 Å². The van der Waals surface area contributed by atoms with E-state index in [1.807, 2.05) is 7.05 Å². The van der Waals surface area contributed by atoms with E-state index in [4.69, 9.17) is 4.52 Å². The molecule has 26 heavy (non-hydrogen) atoms. The molecule has 1 N–H and O–H groups in total. The van der Waals surface area contributed by atoms with E-state index in [0.717, 1.165) is 31.8 Å². The van der Waals surface area contributed by atoms with E-state index in [9.17, 15) is 17.2 Å². The number of hydrogen-bond acceptors (Lipinski definition) is 7. The Morgan fingerprint density at radius 2 is 2.04 bits per heavy atom. The second-order valence-corrected chi connectivity index (χ2v) is 7.79. The van der Waals surface area contributed by atoms with Crippen LogP contribution in [0.5, 0.6) is 0 Å². The summed E-state index contributed by atoms with van der Waals surface area (Å²) in [6.45, 7) is 2.52. The summed E-state index contributed by atoms with van der Waals surface area (Å²) in [4.78, 5) is 6.11. The number of nitrogens with zero attached hydrogens (tertiary/aromatic N) is 3.